The van der Waals surface area contributed by atoms with Crippen LogP contribution in [0.1, 0.15) is 23.8 Å². The van der Waals surface area contributed by atoms with E-state index in [1.54, 1.807) is 32.0 Å². The van der Waals surface area contributed by atoms with Gasteiger partial charge in [-0.3, -0.25) is 19.8 Å². The molecule has 0 saturated carbocycles. The molecule has 28 heavy (non-hydrogen) atoms. The van der Waals surface area contributed by atoms with Crippen molar-refractivity contribution in [3.8, 4) is 0 Å². The SMILES string of the molecule is Cc1c(CN2C(=O)N[C@](C)(c3cc4ccccc4o3)C2=O)cccc1[N+](=O)[O-]. The summed E-state index contributed by atoms with van der Waals surface area (Å²) in [4.78, 5) is 37.4. The fourth-order valence-electron chi connectivity index (χ4n) is 3.45. The number of urea groups is 1. The van der Waals surface area contributed by atoms with E-state index in [0.717, 1.165) is 10.3 Å². The summed E-state index contributed by atoms with van der Waals surface area (Å²) in [7, 11) is 0. The summed E-state index contributed by atoms with van der Waals surface area (Å²) in [5, 5.41) is 14.7. The van der Waals surface area contributed by atoms with E-state index in [2.05, 4.69) is 5.32 Å². The fourth-order valence-corrected chi connectivity index (χ4v) is 3.45. The predicted molar refractivity (Wildman–Crippen MR) is 100 cm³/mol. The van der Waals surface area contributed by atoms with E-state index >= 15 is 0 Å². The number of carbonyl (C=O) groups is 2. The number of hydrogen-bond donors (Lipinski definition) is 1. The highest BCUT2D eigenvalue weighted by Gasteiger charge is 2.51. The number of nitro benzene ring substituents is 1. The number of nitrogens with zero attached hydrogens (tertiary/aromatic N) is 2. The molecule has 4 rings (SSSR count). The Morgan fingerprint density at radius 1 is 1.18 bits per heavy atom. The molecular weight excluding hydrogens is 362 g/mol. The quantitative estimate of drug-likeness (QED) is 0.423. The zero-order valence-electron chi connectivity index (χ0n) is 15.3. The first-order valence-electron chi connectivity index (χ1n) is 8.67. The minimum absolute atomic E-state index is 0.0513. The first-order valence-corrected chi connectivity index (χ1v) is 8.67. The second-order valence-corrected chi connectivity index (χ2v) is 6.91. The van der Waals surface area contributed by atoms with Crippen LogP contribution in [-0.2, 0) is 16.9 Å². The van der Waals surface area contributed by atoms with Crippen molar-refractivity contribution in [3.63, 3.8) is 0 Å². The molecule has 3 amide bonds. The molecule has 1 aliphatic heterocycles. The molecule has 0 spiro atoms. The van der Waals surface area contributed by atoms with Crippen molar-refractivity contribution in [2.75, 3.05) is 0 Å². The lowest BCUT2D eigenvalue weighted by Gasteiger charge is -2.19. The van der Waals surface area contributed by atoms with E-state index in [4.69, 9.17) is 4.42 Å². The lowest BCUT2D eigenvalue weighted by atomic mass is 9.98. The van der Waals surface area contributed by atoms with Crippen LogP contribution in [0.4, 0.5) is 10.5 Å². The highest BCUT2D eigenvalue weighted by molar-refractivity contribution is 6.07. The first-order chi connectivity index (χ1) is 13.3. The number of nitro groups is 1. The normalized spacial score (nSPS) is 19.3. The van der Waals surface area contributed by atoms with Gasteiger partial charge < -0.3 is 9.73 Å². The second-order valence-electron chi connectivity index (χ2n) is 6.91. The number of furan rings is 1. The molecule has 0 radical (unpaired) electrons. The molecule has 142 valence electrons. The predicted octanol–water partition coefficient (Wildman–Crippen LogP) is 3.62. The minimum Gasteiger partial charge on any atom is -0.458 e. The number of benzene rings is 2. The van der Waals surface area contributed by atoms with E-state index in [1.807, 2.05) is 18.2 Å². The van der Waals surface area contributed by atoms with Gasteiger partial charge in [-0.05, 0) is 31.5 Å². The average molecular weight is 379 g/mol. The Balaban J connectivity index is 1.68. The molecule has 1 N–H and O–H groups in total. The van der Waals surface area contributed by atoms with Gasteiger partial charge >= 0.3 is 6.03 Å². The Morgan fingerprint density at radius 2 is 1.93 bits per heavy atom. The Bertz CT molecular complexity index is 1100. The van der Waals surface area contributed by atoms with E-state index in [9.17, 15) is 19.7 Å². The highest BCUT2D eigenvalue weighted by Crippen LogP contribution is 2.34. The van der Waals surface area contributed by atoms with Crippen molar-refractivity contribution in [1.29, 1.82) is 0 Å². The van der Waals surface area contributed by atoms with Crippen molar-refractivity contribution in [2.45, 2.75) is 25.9 Å². The zero-order valence-corrected chi connectivity index (χ0v) is 15.3. The third-order valence-electron chi connectivity index (χ3n) is 5.14. The van der Waals surface area contributed by atoms with Crippen LogP contribution in [0.3, 0.4) is 0 Å². The van der Waals surface area contributed by atoms with Crippen LogP contribution in [0, 0.1) is 17.0 Å². The number of imide groups is 1. The van der Waals surface area contributed by atoms with Crippen LogP contribution in [0.15, 0.2) is 52.9 Å². The van der Waals surface area contributed by atoms with Gasteiger partial charge in [0, 0.05) is 17.0 Å². The van der Waals surface area contributed by atoms with Crippen LogP contribution >= 0.6 is 0 Å². The summed E-state index contributed by atoms with van der Waals surface area (Å²) >= 11 is 0. The van der Waals surface area contributed by atoms with E-state index in [-0.39, 0.29) is 12.2 Å². The molecule has 3 aromatic rings. The average Bonchev–Trinajstić information content (AvgIpc) is 3.19. The summed E-state index contributed by atoms with van der Waals surface area (Å²) < 4.78 is 5.80. The summed E-state index contributed by atoms with van der Waals surface area (Å²) in [6.45, 7) is 3.13. The number of nitrogens with one attached hydrogen (secondary N) is 1. The lowest BCUT2D eigenvalue weighted by molar-refractivity contribution is -0.385. The Hall–Kier alpha value is -3.68. The maximum Gasteiger partial charge on any atom is 0.325 e. The summed E-state index contributed by atoms with van der Waals surface area (Å²) in [6.07, 6.45) is 0. The van der Waals surface area contributed by atoms with Crippen molar-refractivity contribution in [2.24, 2.45) is 0 Å². The van der Waals surface area contributed by atoms with Gasteiger partial charge in [-0.25, -0.2) is 4.79 Å². The van der Waals surface area contributed by atoms with Crippen molar-refractivity contribution < 1.29 is 18.9 Å². The maximum atomic E-state index is 13.1. The first kappa shape index (κ1) is 17.7. The van der Waals surface area contributed by atoms with Crippen molar-refractivity contribution in [3.05, 3.63) is 75.5 Å². The number of rotatable bonds is 4. The molecule has 8 heteroatoms. The summed E-state index contributed by atoms with van der Waals surface area (Å²) in [5.41, 5.74) is 0.181. The van der Waals surface area contributed by atoms with Crippen LogP contribution in [0.5, 0.6) is 0 Å². The van der Waals surface area contributed by atoms with Gasteiger partial charge in [-0.15, -0.1) is 0 Å². The van der Waals surface area contributed by atoms with Crippen LogP contribution in [0.25, 0.3) is 11.0 Å². The van der Waals surface area contributed by atoms with E-state index in [0.29, 0.717) is 22.5 Å². The monoisotopic (exact) mass is 379 g/mol. The molecule has 0 unspecified atom stereocenters. The van der Waals surface area contributed by atoms with Gasteiger partial charge in [0.1, 0.15) is 11.3 Å². The molecule has 0 bridgehead atoms. The van der Waals surface area contributed by atoms with Gasteiger partial charge in [0.15, 0.2) is 5.54 Å². The van der Waals surface area contributed by atoms with Gasteiger partial charge in [0.05, 0.1) is 11.5 Å². The van der Waals surface area contributed by atoms with Crippen LogP contribution < -0.4 is 5.32 Å². The van der Waals surface area contributed by atoms with Gasteiger partial charge in [0.2, 0.25) is 0 Å². The molecule has 1 aromatic heterocycles. The molecule has 1 aliphatic rings. The van der Waals surface area contributed by atoms with Crippen molar-refractivity contribution >= 4 is 28.6 Å². The Labute approximate surface area is 159 Å². The Morgan fingerprint density at radius 3 is 2.64 bits per heavy atom. The van der Waals surface area contributed by atoms with Gasteiger partial charge in [0.25, 0.3) is 11.6 Å². The van der Waals surface area contributed by atoms with Crippen molar-refractivity contribution in [1.82, 2.24) is 10.2 Å². The topological polar surface area (TPSA) is 106 Å². The Kier molecular flexibility index (Phi) is 3.92. The lowest BCUT2D eigenvalue weighted by Crippen LogP contribution is -2.40. The number of para-hydroxylation sites is 1. The second kappa shape index (κ2) is 6.19. The van der Waals surface area contributed by atoms with E-state index < -0.39 is 22.4 Å². The molecular formula is C20H17N3O5. The number of hydrogen-bond acceptors (Lipinski definition) is 5. The van der Waals surface area contributed by atoms with E-state index in [1.165, 1.54) is 12.1 Å². The molecule has 1 fully saturated rings. The number of amides is 3. The smallest absolute Gasteiger partial charge is 0.325 e. The molecule has 8 nitrogen and oxygen atoms in total. The summed E-state index contributed by atoms with van der Waals surface area (Å²) in [6, 6.07) is 13.1. The molecule has 2 aromatic carbocycles. The maximum absolute atomic E-state index is 13.1. The van der Waals surface area contributed by atoms with Crippen LogP contribution in [-0.4, -0.2) is 21.8 Å². The van der Waals surface area contributed by atoms with Crippen LogP contribution in [0.2, 0.25) is 0 Å². The van der Waals surface area contributed by atoms with Gasteiger partial charge in [-0.1, -0.05) is 30.3 Å². The molecule has 0 aliphatic carbocycles. The number of fused-ring (bicyclic) bond motifs is 1. The fraction of sp³-hybridized carbons (Fsp3) is 0.200. The largest absolute Gasteiger partial charge is 0.458 e. The number of carbonyl (C=O) groups excluding carboxylic acids is 2. The third kappa shape index (κ3) is 2.61. The highest BCUT2D eigenvalue weighted by atomic mass is 16.6. The standard InChI is InChI=1S/C20H17N3O5/c1-12-14(7-5-8-15(12)23(26)27)11-22-18(24)20(2,21-19(22)25)17-10-13-6-3-4-9-16(13)28-17/h3-10H,11H2,1-2H3,(H,21,25)/t20-/m1/s1. The summed E-state index contributed by atoms with van der Waals surface area (Å²) in [5.74, 6) is -0.132. The molecule has 2 heterocycles. The van der Waals surface area contributed by atoms with Gasteiger partial charge in [-0.2, -0.15) is 0 Å². The molecule has 1 saturated heterocycles. The minimum atomic E-state index is -1.34. The third-order valence-corrected chi connectivity index (χ3v) is 5.14. The zero-order chi connectivity index (χ0) is 20.1. The molecule has 1 atom stereocenters.